The first-order chi connectivity index (χ1) is 9.01. The fourth-order valence-corrected chi connectivity index (χ4v) is 1.44. The maximum atomic E-state index is 11.7. The van der Waals surface area contributed by atoms with E-state index in [0.717, 1.165) is 0 Å². The zero-order chi connectivity index (χ0) is 14.0. The molecular formula is C10H14N8O. The zero-order valence-corrected chi connectivity index (χ0v) is 10.5. The first kappa shape index (κ1) is 12.8. The molecule has 2 heterocycles. The zero-order valence-electron chi connectivity index (χ0n) is 10.5. The molecule has 0 aliphatic rings. The second-order valence-corrected chi connectivity index (χ2v) is 3.96. The molecule has 0 saturated carbocycles. The van der Waals surface area contributed by atoms with E-state index in [4.69, 9.17) is 11.6 Å². The van der Waals surface area contributed by atoms with Crippen molar-refractivity contribution in [1.29, 1.82) is 0 Å². The standard InChI is InChI=1S/C10H14N8O/c1-17(2)9(19)6-3-4-18(16-6)8-5-7(15-12)13-10(11)14-8/h3-5H,12H2,1-2H3,(H3,11,13,14,15). The molecular weight excluding hydrogens is 248 g/mol. The van der Waals surface area contributed by atoms with E-state index in [1.54, 1.807) is 32.4 Å². The second-order valence-electron chi connectivity index (χ2n) is 3.96. The van der Waals surface area contributed by atoms with E-state index < -0.39 is 0 Å². The minimum Gasteiger partial charge on any atom is -0.368 e. The number of nitrogen functional groups attached to an aromatic ring is 2. The van der Waals surface area contributed by atoms with Crippen LogP contribution in [0.1, 0.15) is 10.5 Å². The molecule has 0 aliphatic carbocycles. The van der Waals surface area contributed by atoms with E-state index in [9.17, 15) is 4.79 Å². The van der Waals surface area contributed by atoms with E-state index in [-0.39, 0.29) is 11.9 Å². The Morgan fingerprint density at radius 1 is 1.42 bits per heavy atom. The summed E-state index contributed by atoms with van der Waals surface area (Å²) in [6, 6.07) is 3.16. The fraction of sp³-hybridized carbons (Fsp3) is 0.200. The molecule has 9 nitrogen and oxygen atoms in total. The highest BCUT2D eigenvalue weighted by Crippen LogP contribution is 2.11. The van der Waals surface area contributed by atoms with Crippen LogP contribution >= 0.6 is 0 Å². The summed E-state index contributed by atoms with van der Waals surface area (Å²) in [5, 5.41) is 4.13. The Balaban J connectivity index is 2.37. The first-order valence-corrected chi connectivity index (χ1v) is 5.40. The molecule has 0 unspecified atom stereocenters. The number of nitrogens with zero attached hydrogens (tertiary/aromatic N) is 5. The van der Waals surface area contributed by atoms with Gasteiger partial charge in [0.05, 0.1) is 0 Å². The van der Waals surface area contributed by atoms with Crippen molar-refractivity contribution < 1.29 is 4.79 Å². The molecule has 2 aromatic rings. The van der Waals surface area contributed by atoms with Gasteiger partial charge in [0, 0.05) is 26.4 Å². The van der Waals surface area contributed by atoms with Crippen molar-refractivity contribution >= 4 is 17.7 Å². The van der Waals surface area contributed by atoms with Crippen molar-refractivity contribution in [3.8, 4) is 5.82 Å². The number of anilines is 2. The number of rotatable bonds is 3. The number of amides is 1. The number of aromatic nitrogens is 4. The summed E-state index contributed by atoms with van der Waals surface area (Å²) < 4.78 is 1.43. The van der Waals surface area contributed by atoms with Gasteiger partial charge in [-0.1, -0.05) is 0 Å². The number of hydrogen-bond acceptors (Lipinski definition) is 7. The normalized spacial score (nSPS) is 10.3. The molecule has 0 bridgehead atoms. The molecule has 1 amide bonds. The maximum absolute atomic E-state index is 11.7. The maximum Gasteiger partial charge on any atom is 0.273 e. The van der Waals surface area contributed by atoms with Gasteiger partial charge in [-0.05, 0) is 6.07 Å². The average molecular weight is 262 g/mol. The van der Waals surface area contributed by atoms with Crippen LogP contribution in [-0.4, -0.2) is 44.7 Å². The SMILES string of the molecule is CN(C)C(=O)c1ccn(-c2cc(NN)nc(N)n2)n1. The van der Waals surface area contributed by atoms with Crippen molar-refractivity contribution in [2.24, 2.45) is 5.84 Å². The summed E-state index contributed by atoms with van der Waals surface area (Å²) in [5.74, 6) is 5.91. The topological polar surface area (TPSA) is 128 Å². The van der Waals surface area contributed by atoms with Crippen molar-refractivity contribution in [3.63, 3.8) is 0 Å². The molecule has 0 fully saturated rings. The number of hydrogen-bond donors (Lipinski definition) is 3. The van der Waals surface area contributed by atoms with Gasteiger partial charge in [-0.3, -0.25) is 4.79 Å². The van der Waals surface area contributed by atoms with Crippen molar-refractivity contribution in [2.45, 2.75) is 0 Å². The van der Waals surface area contributed by atoms with E-state index in [1.807, 2.05) is 0 Å². The van der Waals surface area contributed by atoms with Crippen LogP contribution in [0.25, 0.3) is 5.82 Å². The van der Waals surface area contributed by atoms with Crippen LogP contribution in [0.15, 0.2) is 18.3 Å². The Bertz CT molecular complexity index is 605. The van der Waals surface area contributed by atoms with Gasteiger partial charge in [0.2, 0.25) is 5.95 Å². The average Bonchev–Trinajstić information content (AvgIpc) is 2.86. The van der Waals surface area contributed by atoms with Crippen LogP contribution in [0.2, 0.25) is 0 Å². The van der Waals surface area contributed by atoms with Gasteiger partial charge < -0.3 is 16.1 Å². The van der Waals surface area contributed by atoms with Crippen LogP contribution in [0.5, 0.6) is 0 Å². The number of nitrogens with one attached hydrogen (secondary N) is 1. The molecule has 100 valence electrons. The summed E-state index contributed by atoms with van der Waals surface area (Å²) in [5.41, 5.74) is 8.24. The lowest BCUT2D eigenvalue weighted by Gasteiger charge is -2.07. The highest BCUT2D eigenvalue weighted by atomic mass is 16.2. The van der Waals surface area contributed by atoms with Gasteiger partial charge in [-0.15, -0.1) is 0 Å². The number of hydrazine groups is 1. The van der Waals surface area contributed by atoms with E-state index in [0.29, 0.717) is 17.3 Å². The lowest BCUT2D eigenvalue weighted by atomic mass is 10.4. The molecule has 2 aromatic heterocycles. The minimum atomic E-state index is -0.196. The summed E-state index contributed by atoms with van der Waals surface area (Å²) >= 11 is 0. The molecule has 0 aliphatic heterocycles. The summed E-state index contributed by atoms with van der Waals surface area (Å²) in [7, 11) is 3.31. The van der Waals surface area contributed by atoms with Gasteiger partial charge in [0.25, 0.3) is 5.91 Å². The molecule has 0 radical (unpaired) electrons. The fourth-order valence-electron chi connectivity index (χ4n) is 1.44. The summed E-state index contributed by atoms with van der Waals surface area (Å²) in [4.78, 5) is 21.1. The highest BCUT2D eigenvalue weighted by Gasteiger charge is 2.13. The van der Waals surface area contributed by atoms with E-state index in [2.05, 4.69) is 20.5 Å². The third kappa shape index (κ3) is 2.60. The van der Waals surface area contributed by atoms with Gasteiger partial charge >= 0.3 is 0 Å². The summed E-state index contributed by atoms with van der Waals surface area (Å²) in [6.45, 7) is 0. The molecule has 19 heavy (non-hydrogen) atoms. The number of carbonyl (C=O) groups is 1. The van der Waals surface area contributed by atoms with Crippen molar-refractivity contribution in [2.75, 3.05) is 25.3 Å². The van der Waals surface area contributed by atoms with Crippen molar-refractivity contribution in [1.82, 2.24) is 24.6 Å². The number of nitrogens with two attached hydrogens (primary N) is 2. The van der Waals surface area contributed by atoms with Gasteiger partial charge in [-0.2, -0.15) is 15.1 Å². The van der Waals surface area contributed by atoms with Gasteiger partial charge in [0.15, 0.2) is 11.5 Å². The third-order valence-electron chi connectivity index (χ3n) is 2.33. The van der Waals surface area contributed by atoms with Crippen LogP contribution in [0.3, 0.4) is 0 Å². The monoisotopic (exact) mass is 262 g/mol. The largest absolute Gasteiger partial charge is 0.368 e. The van der Waals surface area contributed by atoms with Crippen LogP contribution < -0.4 is 17.0 Å². The van der Waals surface area contributed by atoms with E-state index >= 15 is 0 Å². The quantitative estimate of drug-likeness (QED) is 0.489. The molecule has 9 heteroatoms. The Hall–Kier alpha value is -2.68. The van der Waals surface area contributed by atoms with Gasteiger partial charge in [-0.25, -0.2) is 10.5 Å². The van der Waals surface area contributed by atoms with E-state index in [1.165, 1.54) is 9.58 Å². The molecule has 0 spiro atoms. The first-order valence-electron chi connectivity index (χ1n) is 5.40. The molecule has 0 atom stereocenters. The molecule has 2 rings (SSSR count). The lowest BCUT2D eigenvalue weighted by Crippen LogP contribution is -2.22. The Labute approximate surface area is 109 Å². The van der Waals surface area contributed by atoms with Crippen LogP contribution in [0.4, 0.5) is 11.8 Å². The predicted octanol–water partition coefficient (Wildman–Crippen LogP) is -0.768. The smallest absolute Gasteiger partial charge is 0.273 e. The van der Waals surface area contributed by atoms with Crippen molar-refractivity contribution in [3.05, 3.63) is 24.0 Å². The number of carbonyl (C=O) groups excluding carboxylic acids is 1. The van der Waals surface area contributed by atoms with Gasteiger partial charge in [0.1, 0.15) is 5.82 Å². The highest BCUT2D eigenvalue weighted by molar-refractivity contribution is 5.91. The Morgan fingerprint density at radius 2 is 2.16 bits per heavy atom. The third-order valence-corrected chi connectivity index (χ3v) is 2.33. The Morgan fingerprint density at radius 3 is 2.79 bits per heavy atom. The van der Waals surface area contributed by atoms with Crippen LogP contribution in [-0.2, 0) is 0 Å². The predicted molar refractivity (Wildman–Crippen MR) is 69.4 cm³/mol. The molecule has 5 N–H and O–H groups in total. The lowest BCUT2D eigenvalue weighted by molar-refractivity contribution is 0.0821. The minimum absolute atomic E-state index is 0.0569. The second kappa shape index (κ2) is 4.90. The summed E-state index contributed by atoms with van der Waals surface area (Å²) in [6.07, 6.45) is 1.61. The van der Waals surface area contributed by atoms with Crippen LogP contribution in [0, 0.1) is 0 Å². The molecule has 0 aromatic carbocycles. The molecule has 0 saturated heterocycles. The Kier molecular flexibility index (Phi) is 3.29.